The van der Waals surface area contributed by atoms with E-state index in [9.17, 15) is 8.42 Å². The normalized spacial score (nSPS) is 22.7. The van der Waals surface area contributed by atoms with Crippen molar-refractivity contribution in [2.24, 2.45) is 4.99 Å². The largest absolute Gasteiger partial charge is 0.343 e. The van der Waals surface area contributed by atoms with Gasteiger partial charge in [-0.3, -0.25) is 9.62 Å². The van der Waals surface area contributed by atoms with Crippen LogP contribution in [-0.4, -0.2) is 95.0 Å². The Labute approximate surface area is 127 Å². The molecule has 0 saturated carbocycles. The summed E-state index contributed by atoms with van der Waals surface area (Å²) in [7, 11) is -1.09. The average Bonchev–Trinajstić information content (AvgIpc) is 2.41. The molecule has 0 spiro atoms. The molecule has 1 fully saturated rings. The first-order valence-corrected chi connectivity index (χ1v) is 9.21. The number of aliphatic imine (C=N–C) groups is 1. The lowest BCUT2D eigenvalue weighted by atomic mass is 10.3. The summed E-state index contributed by atoms with van der Waals surface area (Å²) in [5, 5.41) is 2.99. The summed E-state index contributed by atoms with van der Waals surface area (Å²) in [6.45, 7) is 7.84. The van der Waals surface area contributed by atoms with Crippen LogP contribution in [0.4, 0.5) is 0 Å². The quantitative estimate of drug-likeness (QED) is 0.632. The monoisotopic (exact) mass is 318 g/mol. The first-order valence-electron chi connectivity index (χ1n) is 7.32. The van der Waals surface area contributed by atoms with Crippen LogP contribution in [0, 0.1) is 0 Å². The first-order chi connectivity index (χ1) is 9.92. The molecule has 2 heterocycles. The van der Waals surface area contributed by atoms with Crippen molar-refractivity contribution < 1.29 is 8.42 Å². The van der Waals surface area contributed by atoms with Crippen LogP contribution in [-0.2, 0) is 10.0 Å². The Morgan fingerprint density at radius 1 is 1.19 bits per heavy atom. The van der Waals surface area contributed by atoms with E-state index in [1.165, 1.54) is 0 Å². The highest BCUT2D eigenvalue weighted by Crippen LogP contribution is 2.02. The fraction of sp³-hybridized carbons (Fsp3) is 0.917. The van der Waals surface area contributed by atoms with Gasteiger partial charge in [0.1, 0.15) is 0 Å². The molecular formula is C12H26N6O2S. The minimum atomic E-state index is -3.25. The average molecular weight is 318 g/mol. The van der Waals surface area contributed by atoms with Crippen LogP contribution in [0.3, 0.4) is 0 Å². The van der Waals surface area contributed by atoms with Gasteiger partial charge in [0, 0.05) is 32.7 Å². The Balaban J connectivity index is 1.62. The van der Waals surface area contributed by atoms with Crippen molar-refractivity contribution in [3.63, 3.8) is 0 Å². The molecule has 2 rings (SSSR count). The Morgan fingerprint density at radius 3 is 2.43 bits per heavy atom. The number of guanidine groups is 1. The van der Waals surface area contributed by atoms with Crippen molar-refractivity contribution in [1.82, 2.24) is 24.7 Å². The minimum Gasteiger partial charge on any atom is -0.343 e. The molecule has 0 unspecified atom stereocenters. The Bertz CT molecular complexity index is 458. The molecule has 122 valence electrons. The standard InChI is InChI=1S/C12H26N6O2S/c1-16-6-8-17(9-7-16)4-3-5-18-10-13-12(14-11-18)15-21(2,19)20/h3-11H2,1-2H3,(H2,13,14,15). The van der Waals surface area contributed by atoms with Crippen LogP contribution >= 0.6 is 0 Å². The maximum absolute atomic E-state index is 11.1. The second-order valence-corrected chi connectivity index (χ2v) is 7.50. The summed E-state index contributed by atoms with van der Waals surface area (Å²) < 4.78 is 24.6. The molecule has 2 aliphatic rings. The van der Waals surface area contributed by atoms with Gasteiger partial charge in [0.25, 0.3) is 0 Å². The third kappa shape index (κ3) is 6.16. The second kappa shape index (κ2) is 7.39. The minimum absolute atomic E-state index is 0.341. The molecule has 0 bridgehead atoms. The van der Waals surface area contributed by atoms with Crippen molar-refractivity contribution in [3.05, 3.63) is 0 Å². The maximum atomic E-state index is 11.1. The highest BCUT2D eigenvalue weighted by molar-refractivity contribution is 7.89. The predicted octanol–water partition coefficient (Wildman–Crippen LogP) is -1.65. The van der Waals surface area contributed by atoms with E-state index in [1.54, 1.807) is 0 Å². The molecule has 1 saturated heterocycles. The fourth-order valence-corrected chi connectivity index (χ4v) is 2.93. The third-order valence-electron chi connectivity index (χ3n) is 3.73. The van der Waals surface area contributed by atoms with Crippen LogP contribution in [0.15, 0.2) is 4.99 Å². The van der Waals surface area contributed by atoms with Gasteiger partial charge in [-0.2, -0.15) is 0 Å². The van der Waals surface area contributed by atoms with E-state index in [4.69, 9.17) is 0 Å². The highest BCUT2D eigenvalue weighted by atomic mass is 32.2. The fourth-order valence-electron chi connectivity index (χ4n) is 2.45. The molecular weight excluding hydrogens is 292 g/mol. The number of sulfonamides is 1. The van der Waals surface area contributed by atoms with Crippen LogP contribution in [0.5, 0.6) is 0 Å². The lowest BCUT2D eigenvalue weighted by Crippen LogP contribution is -2.50. The number of rotatable bonds is 5. The molecule has 2 N–H and O–H groups in total. The summed E-state index contributed by atoms with van der Waals surface area (Å²) in [6.07, 6.45) is 2.23. The van der Waals surface area contributed by atoms with E-state index in [1.807, 2.05) is 0 Å². The van der Waals surface area contributed by atoms with E-state index in [0.717, 1.165) is 51.9 Å². The third-order valence-corrected chi connectivity index (χ3v) is 4.29. The van der Waals surface area contributed by atoms with Gasteiger partial charge in [-0.1, -0.05) is 0 Å². The molecule has 0 aromatic carbocycles. The van der Waals surface area contributed by atoms with Crippen molar-refractivity contribution >= 4 is 16.0 Å². The van der Waals surface area contributed by atoms with Crippen LogP contribution in [0.25, 0.3) is 0 Å². The molecule has 2 aliphatic heterocycles. The van der Waals surface area contributed by atoms with Gasteiger partial charge in [0.2, 0.25) is 16.0 Å². The van der Waals surface area contributed by atoms with Crippen LogP contribution in [0.2, 0.25) is 0 Å². The second-order valence-electron chi connectivity index (χ2n) is 5.75. The molecule has 0 amide bonds. The van der Waals surface area contributed by atoms with Gasteiger partial charge >= 0.3 is 0 Å². The Morgan fingerprint density at radius 2 is 1.86 bits per heavy atom. The number of hydrogen-bond acceptors (Lipinski definition) is 7. The first kappa shape index (κ1) is 16.5. The number of likely N-dealkylation sites (N-methyl/N-ethyl adjacent to an activating group) is 1. The predicted molar refractivity (Wildman–Crippen MR) is 83.5 cm³/mol. The van der Waals surface area contributed by atoms with Gasteiger partial charge in [-0.15, -0.1) is 0 Å². The summed E-state index contributed by atoms with van der Waals surface area (Å²) in [6, 6.07) is 0. The zero-order valence-electron chi connectivity index (χ0n) is 12.9. The number of piperazine rings is 1. The summed E-state index contributed by atoms with van der Waals surface area (Å²) in [5.41, 5.74) is 0. The van der Waals surface area contributed by atoms with Crippen molar-refractivity contribution in [3.8, 4) is 0 Å². The summed E-state index contributed by atoms with van der Waals surface area (Å²) in [5.74, 6) is 0.341. The van der Waals surface area contributed by atoms with Crippen LogP contribution < -0.4 is 10.0 Å². The molecule has 0 aromatic heterocycles. The van der Waals surface area contributed by atoms with Crippen LogP contribution in [0.1, 0.15) is 6.42 Å². The van der Waals surface area contributed by atoms with E-state index in [0.29, 0.717) is 19.3 Å². The lowest BCUT2D eigenvalue weighted by molar-refractivity contribution is 0.145. The van der Waals surface area contributed by atoms with Crippen molar-refractivity contribution in [1.29, 1.82) is 0 Å². The summed E-state index contributed by atoms with van der Waals surface area (Å²) >= 11 is 0. The molecule has 21 heavy (non-hydrogen) atoms. The molecule has 9 heteroatoms. The van der Waals surface area contributed by atoms with Crippen molar-refractivity contribution in [2.45, 2.75) is 6.42 Å². The Hall–Kier alpha value is -0.900. The van der Waals surface area contributed by atoms with E-state index in [-0.39, 0.29) is 0 Å². The molecule has 0 radical (unpaired) electrons. The molecule has 0 aliphatic carbocycles. The maximum Gasteiger partial charge on any atom is 0.232 e. The van der Waals surface area contributed by atoms with E-state index < -0.39 is 10.0 Å². The topological polar surface area (TPSA) is 80.3 Å². The number of nitrogens with one attached hydrogen (secondary N) is 2. The van der Waals surface area contributed by atoms with Gasteiger partial charge < -0.3 is 15.1 Å². The molecule has 8 nitrogen and oxygen atoms in total. The lowest BCUT2D eigenvalue weighted by Gasteiger charge is -2.33. The zero-order valence-corrected chi connectivity index (χ0v) is 13.7. The van der Waals surface area contributed by atoms with E-state index >= 15 is 0 Å². The van der Waals surface area contributed by atoms with Gasteiger partial charge in [0.15, 0.2) is 0 Å². The molecule has 0 aromatic rings. The van der Waals surface area contributed by atoms with E-state index in [2.05, 4.69) is 36.8 Å². The SMILES string of the molecule is CN1CCN(CCCN2CN=C(NS(C)(=O)=O)NC2)CC1. The van der Waals surface area contributed by atoms with Gasteiger partial charge in [-0.25, -0.2) is 13.4 Å². The highest BCUT2D eigenvalue weighted by Gasteiger charge is 2.16. The number of hydrogen-bond donors (Lipinski definition) is 2. The van der Waals surface area contributed by atoms with Gasteiger partial charge in [0.05, 0.1) is 19.6 Å². The van der Waals surface area contributed by atoms with Crippen molar-refractivity contribution in [2.75, 3.05) is 65.9 Å². The van der Waals surface area contributed by atoms with Gasteiger partial charge in [-0.05, 0) is 20.0 Å². The smallest absolute Gasteiger partial charge is 0.232 e. The molecule has 0 atom stereocenters. The Kier molecular flexibility index (Phi) is 5.80. The zero-order chi connectivity index (χ0) is 15.3. The number of nitrogens with zero attached hydrogens (tertiary/aromatic N) is 4. The summed E-state index contributed by atoms with van der Waals surface area (Å²) in [4.78, 5) is 11.2.